The molecule has 0 fully saturated rings. The Hall–Kier alpha value is -3.93. The van der Waals surface area contributed by atoms with Crippen LogP contribution in [0.25, 0.3) is 26.4 Å². The highest BCUT2D eigenvalue weighted by atomic mass is 32.1. The second kappa shape index (κ2) is 9.14. The molecular weight excluding hydrogens is 471 g/mol. The van der Waals surface area contributed by atoms with Gasteiger partial charge in [0.1, 0.15) is 6.54 Å². The molecule has 0 atom stereocenters. The summed E-state index contributed by atoms with van der Waals surface area (Å²) >= 11 is 1.36. The van der Waals surface area contributed by atoms with Crippen molar-refractivity contribution < 1.29 is 27.6 Å². The number of fused-ring (bicyclic) bond motifs is 3. The average molecular weight is 489 g/mol. The van der Waals surface area contributed by atoms with Gasteiger partial charge in [0.25, 0.3) is 11.8 Å². The summed E-state index contributed by atoms with van der Waals surface area (Å²) in [5, 5.41) is 6.57. The fourth-order valence-electron chi connectivity index (χ4n) is 3.24. The number of hydrogen-bond acceptors (Lipinski definition) is 5. The van der Waals surface area contributed by atoms with Gasteiger partial charge in [0.05, 0.1) is 22.5 Å². The second-order valence-corrected chi connectivity index (χ2v) is 8.30. The van der Waals surface area contributed by atoms with Crippen LogP contribution in [0, 0.1) is 0 Å². The summed E-state index contributed by atoms with van der Waals surface area (Å²) in [6.45, 7) is -2.02. The number of imidazole rings is 1. The predicted molar refractivity (Wildman–Crippen MR) is 121 cm³/mol. The van der Waals surface area contributed by atoms with Crippen molar-refractivity contribution in [1.82, 2.24) is 25.3 Å². The Morgan fingerprint density at radius 3 is 2.38 bits per heavy atom. The fraction of sp³-hybridized carbons (Fsp3) is 0.182. The minimum absolute atomic E-state index is 0.176. The second-order valence-electron chi connectivity index (χ2n) is 7.29. The molecule has 2 aromatic heterocycles. The normalized spacial score (nSPS) is 11.5. The standard InChI is InChI=1S/C22H18F3N5O3S/c1-26-19(32)13-4-2-12(3-5-13)15-10-30-16-7-6-14(8-17(16)34-21(30)29-15)20(33)27-9-18(31)28-11-22(23,24)25/h2-8,10H,9,11H2,1H3,(H,26,32)(H,27,33)(H,28,31). The molecule has 0 radical (unpaired) electrons. The third-order valence-electron chi connectivity index (χ3n) is 4.92. The van der Waals surface area contributed by atoms with Crippen molar-refractivity contribution in [3.63, 3.8) is 0 Å². The van der Waals surface area contributed by atoms with Gasteiger partial charge in [-0.05, 0) is 30.3 Å². The average Bonchev–Trinajstić information content (AvgIpc) is 3.38. The molecule has 8 nitrogen and oxygen atoms in total. The molecule has 12 heteroatoms. The van der Waals surface area contributed by atoms with Crippen molar-refractivity contribution >= 4 is 44.2 Å². The minimum atomic E-state index is -4.52. The first-order valence-electron chi connectivity index (χ1n) is 10.0. The molecule has 4 rings (SSSR count). The number of aromatic nitrogens is 2. The maximum atomic E-state index is 12.3. The van der Waals surface area contributed by atoms with E-state index in [4.69, 9.17) is 0 Å². The van der Waals surface area contributed by atoms with E-state index in [2.05, 4.69) is 15.6 Å². The molecule has 2 heterocycles. The lowest BCUT2D eigenvalue weighted by Gasteiger charge is -2.09. The lowest BCUT2D eigenvalue weighted by atomic mass is 10.1. The largest absolute Gasteiger partial charge is 0.405 e. The number of carbonyl (C=O) groups is 3. The van der Waals surface area contributed by atoms with Gasteiger partial charge in [-0.25, -0.2) is 4.98 Å². The topological polar surface area (TPSA) is 105 Å². The molecular formula is C22H18F3N5O3S. The molecule has 0 saturated carbocycles. The molecule has 4 aromatic rings. The summed E-state index contributed by atoms with van der Waals surface area (Å²) in [5.74, 6) is -1.69. The van der Waals surface area contributed by atoms with E-state index >= 15 is 0 Å². The van der Waals surface area contributed by atoms with E-state index in [0.29, 0.717) is 10.5 Å². The first kappa shape index (κ1) is 23.2. The highest BCUT2D eigenvalue weighted by Crippen LogP contribution is 2.30. The summed E-state index contributed by atoms with van der Waals surface area (Å²) in [6.07, 6.45) is -2.66. The number of alkyl halides is 3. The van der Waals surface area contributed by atoms with Crippen LogP contribution >= 0.6 is 11.3 Å². The van der Waals surface area contributed by atoms with Gasteiger partial charge in [0.2, 0.25) is 5.91 Å². The first-order valence-corrected chi connectivity index (χ1v) is 10.8. The molecule has 3 amide bonds. The van der Waals surface area contributed by atoms with Crippen molar-refractivity contribution in [3.05, 3.63) is 59.8 Å². The third-order valence-corrected chi connectivity index (χ3v) is 5.94. The van der Waals surface area contributed by atoms with E-state index in [1.807, 2.05) is 22.7 Å². The summed E-state index contributed by atoms with van der Waals surface area (Å²) in [7, 11) is 1.56. The molecule has 0 spiro atoms. The number of nitrogens with one attached hydrogen (secondary N) is 3. The van der Waals surface area contributed by atoms with Gasteiger partial charge >= 0.3 is 6.18 Å². The Balaban J connectivity index is 1.48. The molecule has 34 heavy (non-hydrogen) atoms. The van der Waals surface area contributed by atoms with Crippen LogP contribution in [0.15, 0.2) is 48.7 Å². The molecule has 0 aliphatic carbocycles. The van der Waals surface area contributed by atoms with Gasteiger partial charge in [0.15, 0.2) is 4.96 Å². The van der Waals surface area contributed by atoms with Crippen molar-refractivity contribution in [2.75, 3.05) is 20.1 Å². The molecule has 2 aromatic carbocycles. The van der Waals surface area contributed by atoms with Crippen LogP contribution in [0.4, 0.5) is 13.2 Å². The zero-order chi connectivity index (χ0) is 24.5. The van der Waals surface area contributed by atoms with Gasteiger partial charge in [-0.3, -0.25) is 18.8 Å². The molecule has 0 saturated heterocycles. The van der Waals surface area contributed by atoms with E-state index in [1.54, 1.807) is 42.7 Å². The number of thiazole rings is 1. The van der Waals surface area contributed by atoms with Crippen LogP contribution in [0.2, 0.25) is 0 Å². The minimum Gasteiger partial charge on any atom is -0.355 e. The SMILES string of the molecule is CNC(=O)c1ccc(-c2cn3c(n2)sc2cc(C(=O)NCC(=O)NCC(F)(F)F)ccc23)cc1. The zero-order valence-electron chi connectivity index (χ0n) is 17.7. The Labute approximate surface area is 194 Å². The highest BCUT2D eigenvalue weighted by Gasteiger charge is 2.27. The Morgan fingerprint density at radius 1 is 1.00 bits per heavy atom. The van der Waals surface area contributed by atoms with Crippen LogP contribution in [-0.4, -0.2) is 53.4 Å². The van der Waals surface area contributed by atoms with Crippen molar-refractivity contribution in [2.45, 2.75) is 6.18 Å². The van der Waals surface area contributed by atoms with Crippen LogP contribution < -0.4 is 16.0 Å². The first-order chi connectivity index (χ1) is 16.1. The number of amides is 3. The zero-order valence-corrected chi connectivity index (χ0v) is 18.5. The van der Waals surface area contributed by atoms with Crippen LogP contribution in [0.3, 0.4) is 0 Å². The Kier molecular flexibility index (Phi) is 6.24. The maximum Gasteiger partial charge on any atom is 0.405 e. The number of hydrogen-bond donors (Lipinski definition) is 3. The lowest BCUT2D eigenvalue weighted by Crippen LogP contribution is -2.40. The van der Waals surface area contributed by atoms with E-state index in [1.165, 1.54) is 11.3 Å². The summed E-state index contributed by atoms with van der Waals surface area (Å²) in [5.41, 5.74) is 3.20. The monoisotopic (exact) mass is 489 g/mol. The van der Waals surface area contributed by atoms with Crippen LogP contribution in [0.5, 0.6) is 0 Å². The van der Waals surface area contributed by atoms with Crippen LogP contribution in [0.1, 0.15) is 20.7 Å². The van der Waals surface area contributed by atoms with Crippen molar-refractivity contribution in [3.8, 4) is 11.3 Å². The van der Waals surface area contributed by atoms with E-state index in [-0.39, 0.29) is 11.5 Å². The van der Waals surface area contributed by atoms with E-state index in [9.17, 15) is 27.6 Å². The molecule has 0 unspecified atom stereocenters. The van der Waals surface area contributed by atoms with Gasteiger partial charge in [-0.15, -0.1) is 0 Å². The van der Waals surface area contributed by atoms with Crippen molar-refractivity contribution in [1.29, 1.82) is 0 Å². The molecule has 0 bridgehead atoms. The fourth-order valence-corrected chi connectivity index (χ4v) is 4.29. The Bertz CT molecular complexity index is 1390. The van der Waals surface area contributed by atoms with E-state index < -0.39 is 31.1 Å². The Morgan fingerprint density at radius 2 is 1.71 bits per heavy atom. The van der Waals surface area contributed by atoms with Gasteiger partial charge in [0, 0.05) is 29.9 Å². The number of halogens is 3. The molecule has 0 aliphatic heterocycles. The number of nitrogens with zero attached hydrogens (tertiary/aromatic N) is 2. The van der Waals surface area contributed by atoms with Gasteiger partial charge in [-0.2, -0.15) is 13.2 Å². The quantitative estimate of drug-likeness (QED) is 0.387. The third kappa shape index (κ3) is 5.01. The molecule has 176 valence electrons. The predicted octanol–water partition coefficient (Wildman–Crippen LogP) is 2.98. The summed E-state index contributed by atoms with van der Waals surface area (Å²) in [4.78, 5) is 40.8. The molecule has 0 aliphatic rings. The van der Waals surface area contributed by atoms with Crippen LogP contribution in [-0.2, 0) is 4.79 Å². The summed E-state index contributed by atoms with van der Waals surface area (Å²) < 4.78 is 39.1. The van der Waals surface area contributed by atoms with E-state index in [0.717, 1.165) is 21.5 Å². The number of rotatable bonds is 6. The smallest absolute Gasteiger partial charge is 0.355 e. The van der Waals surface area contributed by atoms with Crippen molar-refractivity contribution in [2.24, 2.45) is 0 Å². The maximum absolute atomic E-state index is 12.3. The number of carbonyl (C=O) groups excluding carboxylic acids is 3. The lowest BCUT2D eigenvalue weighted by molar-refractivity contribution is -0.137. The van der Waals surface area contributed by atoms with Gasteiger partial charge in [-0.1, -0.05) is 23.5 Å². The van der Waals surface area contributed by atoms with Gasteiger partial charge < -0.3 is 16.0 Å². The number of benzene rings is 2. The summed E-state index contributed by atoms with van der Waals surface area (Å²) in [6, 6.07) is 12.0. The molecule has 3 N–H and O–H groups in total. The highest BCUT2D eigenvalue weighted by molar-refractivity contribution is 7.23.